The lowest BCUT2D eigenvalue weighted by molar-refractivity contribution is -0.152. The van der Waals surface area contributed by atoms with Crippen LogP contribution in [-0.4, -0.2) is 40.0 Å². The topological polar surface area (TPSA) is 70.5 Å². The van der Waals surface area contributed by atoms with Crippen LogP contribution in [0.3, 0.4) is 0 Å². The summed E-state index contributed by atoms with van der Waals surface area (Å²) < 4.78 is 0. The van der Waals surface area contributed by atoms with Gasteiger partial charge in [-0.1, -0.05) is 19.4 Å². The molecule has 1 aromatic heterocycles. The minimum Gasteiger partial charge on any atom is -0.481 e. The Hall–Kier alpha value is -1.91. The molecular weight excluding hydrogens is 268 g/mol. The molecule has 0 radical (unpaired) electrons. The lowest BCUT2D eigenvalue weighted by Crippen LogP contribution is -2.50. The van der Waals surface area contributed by atoms with E-state index in [1.807, 2.05) is 19.9 Å². The molecule has 0 aliphatic carbocycles. The van der Waals surface area contributed by atoms with Gasteiger partial charge in [0.25, 0.3) is 5.91 Å². The summed E-state index contributed by atoms with van der Waals surface area (Å²) in [5.74, 6) is -0.950. The van der Waals surface area contributed by atoms with Gasteiger partial charge in [0.15, 0.2) is 0 Å². The number of likely N-dealkylation sites (tertiary alicyclic amines) is 1. The molecule has 2 heterocycles. The van der Waals surface area contributed by atoms with Crippen molar-refractivity contribution in [2.45, 2.75) is 39.5 Å². The Morgan fingerprint density at radius 2 is 2.24 bits per heavy atom. The Morgan fingerprint density at radius 3 is 2.86 bits per heavy atom. The number of hydrogen-bond donors (Lipinski definition) is 1. The van der Waals surface area contributed by atoms with Crippen LogP contribution < -0.4 is 0 Å². The number of pyridine rings is 1. The van der Waals surface area contributed by atoms with Crippen LogP contribution in [0.4, 0.5) is 0 Å². The summed E-state index contributed by atoms with van der Waals surface area (Å²) in [6.45, 7) is 4.72. The van der Waals surface area contributed by atoms with Crippen LogP contribution >= 0.6 is 0 Å². The van der Waals surface area contributed by atoms with Gasteiger partial charge in [-0.2, -0.15) is 0 Å². The number of hydrogen-bond acceptors (Lipinski definition) is 3. The summed E-state index contributed by atoms with van der Waals surface area (Å²) in [4.78, 5) is 30.1. The average molecular weight is 290 g/mol. The fraction of sp³-hybridized carbons (Fsp3) is 0.562. The van der Waals surface area contributed by atoms with E-state index in [0.29, 0.717) is 25.1 Å². The van der Waals surface area contributed by atoms with Crippen molar-refractivity contribution in [2.24, 2.45) is 5.41 Å². The summed E-state index contributed by atoms with van der Waals surface area (Å²) >= 11 is 0. The molecule has 0 bridgehead atoms. The zero-order valence-electron chi connectivity index (χ0n) is 12.6. The number of amides is 1. The third kappa shape index (κ3) is 3.06. The van der Waals surface area contributed by atoms with Crippen molar-refractivity contribution in [1.29, 1.82) is 0 Å². The first-order chi connectivity index (χ1) is 10.00. The molecule has 0 spiro atoms. The maximum atomic E-state index is 12.6. The van der Waals surface area contributed by atoms with Crippen LogP contribution in [0.25, 0.3) is 0 Å². The maximum Gasteiger partial charge on any atom is 0.311 e. The van der Waals surface area contributed by atoms with Crippen molar-refractivity contribution in [3.8, 4) is 0 Å². The molecule has 1 amide bonds. The van der Waals surface area contributed by atoms with E-state index in [1.54, 1.807) is 17.2 Å². The highest BCUT2D eigenvalue weighted by atomic mass is 16.4. The lowest BCUT2D eigenvalue weighted by Gasteiger charge is -2.39. The average Bonchev–Trinajstić information content (AvgIpc) is 2.47. The Labute approximate surface area is 125 Å². The van der Waals surface area contributed by atoms with Gasteiger partial charge in [-0.05, 0) is 37.8 Å². The molecule has 0 aromatic carbocycles. The van der Waals surface area contributed by atoms with Gasteiger partial charge in [0.1, 0.15) is 5.69 Å². The normalized spacial score (nSPS) is 22.1. The molecule has 5 heteroatoms. The Bertz CT molecular complexity index is 540. The summed E-state index contributed by atoms with van der Waals surface area (Å²) in [5, 5.41) is 9.59. The highest BCUT2D eigenvalue weighted by molar-refractivity contribution is 5.94. The van der Waals surface area contributed by atoms with Gasteiger partial charge in [-0.3, -0.25) is 14.6 Å². The second kappa shape index (κ2) is 6.24. The highest BCUT2D eigenvalue weighted by Gasteiger charge is 2.43. The number of carbonyl (C=O) groups is 2. The van der Waals surface area contributed by atoms with E-state index in [4.69, 9.17) is 0 Å². The van der Waals surface area contributed by atoms with Crippen LogP contribution in [0, 0.1) is 12.3 Å². The van der Waals surface area contributed by atoms with Crippen molar-refractivity contribution in [1.82, 2.24) is 9.88 Å². The van der Waals surface area contributed by atoms with E-state index < -0.39 is 11.4 Å². The van der Waals surface area contributed by atoms with E-state index in [1.165, 1.54) is 0 Å². The molecule has 114 valence electrons. The molecule has 1 aliphatic heterocycles. The zero-order valence-corrected chi connectivity index (χ0v) is 12.6. The van der Waals surface area contributed by atoms with E-state index in [-0.39, 0.29) is 12.5 Å². The third-order valence-corrected chi connectivity index (χ3v) is 4.26. The molecule has 1 N–H and O–H groups in total. The summed E-state index contributed by atoms with van der Waals surface area (Å²) in [5.41, 5.74) is 0.449. The van der Waals surface area contributed by atoms with Gasteiger partial charge in [0, 0.05) is 19.3 Å². The fourth-order valence-electron chi connectivity index (χ4n) is 3.13. The number of piperidine rings is 1. The van der Waals surface area contributed by atoms with Crippen LogP contribution in [-0.2, 0) is 4.79 Å². The molecule has 21 heavy (non-hydrogen) atoms. The van der Waals surface area contributed by atoms with E-state index in [9.17, 15) is 14.7 Å². The Kier molecular flexibility index (Phi) is 4.60. The van der Waals surface area contributed by atoms with Crippen molar-refractivity contribution >= 4 is 11.9 Å². The predicted molar refractivity (Wildman–Crippen MR) is 79.1 cm³/mol. The molecular formula is C16H22N2O3. The van der Waals surface area contributed by atoms with Gasteiger partial charge >= 0.3 is 5.97 Å². The number of aromatic nitrogens is 1. The molecule has 1 fully saturated rings. The fourth-order valence-corrected chi connectivity index (χ4v) is 3.13. The van der Waals surface area contributed by atoms with Crippen LogP contribution in [0.2, 0.25) is 0 Å². The first-order valence-electron chi connectivity index (χ1n) is 7.44. The molecule has 1 saturated heterocycles. The van der Waals surface area contributed by atoms with Gasteiger partial charge in [0.05, 0.1) is 5.41 Å². The van der Waals surface area contributed by atoms with Gasteiger partial charge < -0.3 is 10.0 Å². The third-order valence-electron chi connectivity index (χ3n) is 4.26. The summed E-state index contributed by atoms with van der Waals surface area (Å²) in [6.07, 6.45) is 4.37. The number of nitrogens with zero attached hydrogens (tertiary/aromatic N) is 2. The van der Waals surface area contributed by atoms with E-state index >= 15 is 0 Å². The van der Waals surface area contributed by atoms with Crippen molar-refractivity contribution < 1.29 is 14.7 Å². The number of carboxylic acids is 1. The number of aryl methyl sites for hydroxylation is 1. The SMILES string of the molecule is CCCC1(C(=O)O)CCCN(C(=O)c2ncccc2C)C1. The number of rotatable bonds is 4. The van der Waals surface area contributed by atoms with E-state index in [0.717, 1.165) is 18.4 Å². The number of carboxylic acid groups (broad SMARTS) is 1. The minimum atomic E-state index is -0.800. The predicted octanol–water partition coefficient (Wildman–Crippen LogP) is 2.50. The number of aliphatic carboxylic acids is 1. The molecule has 0 saturated carbocycles. The second-order valence-corrected chi connectivity index (χ2v) is 5.83. The molecule has 1 atom stereocenters. The monoisotopic (exact) mass is 290 g/mol. The molecule has 2 rings (SSSR count). The molecule has 5 nitrogen and oxygen atoms in total. The molecule has 1 aromatic rings. The smallest absolute Gasteiger partial charge is 0.311 e. The first kappa shape index (κ1) is 15.5. The van der Waals surface area contributed by atoms with Crippen molar-refractivity contribution in [2.75, 3.05) is 13.1 Å². The first-order valence-corrected chi connectivity index (χ1v) is 7.44. The van der Waals surface area contributed by atoms with Crippen molar-refractivity contribution in [3.05, 3.63) is 29.6 Å². The maximum absolute atomic E-state index is 12.6. The largest absolute Gasteiger partial charge is 0.481 e. The molecule has 1 unspecified atom stereocenters. The van der Waals surface area contributed by atoms with E-state index in [2.05, 4.69) is 4.98 Å². The van der Waals surface area contributed by atoms with Gasteiger partial charge in [-0.15, -0.1) is 0 Å². The zero-order chi connectivity index (χ0) is 15.5. The summed E-state index contributed by atoms with van der Waals surface area (Å²) in [7, 11) is 0. The lowest BCUT2D eigenvalue weighted by atomic mass is 9.76. The second-order valence-electron chi connectivity index (χ2n) is 5.83. The van der Waals surface area contributed by atoms with Crippen LogP contribution in [0.15, 0.2) is 18.3 Å². The standard InChI is InChI=1S/C16H22N2O3/c1-3-7-16(15(20)21)8-5-10-18(11-16)14(19)13-12(2)6-4-9-17-13/h4,6,9H,3,5,7-8,10-11H2,1-2H3,(H,20,21). The summed E-state index contributed by atoms with van der Waals surface area (Å²) in [6, 6.07) is 3.64. The highest BCUT2D eigenvalue weighted by Crippen LogP contribution is 2.35. The van der Waals surface area contributed by atoms with Gasteiger partial charge in [-0.25, -0.2) is 0 Å². The number of carbonyl (C=O) groups excluding carboxylic acids is 1. The van der Waals surface area contributed by atoms with Crippen LogP contribution in [0.5, 0.6) is 0 Å². The van der Waals surface area contributed by atoms with Gasteiger partial charge in [0.2, 0.25) is 0 Å². The minimum absolute atomic E-state index is 0.158. The molecule has 1 aliphatic rings. The Balaban J connectivity index is 2.23. The van der Waals surface area contributed by atoms with Crippen molar-refractivity contribution in [3.63, 3.8) is 0 Å². The Morgan fingerprint density at radius 1 is 1.48 bits per heavy atom. The van der Waals surface area contributed by atoms with Crippen LogP contribution in [0.1, 0.15) is 48.7 Å². The quantitative estimate of drug-likeness (QED) is 0.925.